The topological polar surface area (TPSA) is 74.2 Å². The van der Waals surface area contributed by atoms with Crippen LogP contribution >= 0.6 is 24.0 Å². The number of morpholine rings is 1. The first-order valence-electron chi connectivity index (χ1n) is 10.2. The molecule has 164 valence electrons. The summed E-state index contributed by atoms with van der Waals surface area (Å²) in [4.78, 5) is 9.28. The van der Waals surface area contributed by atoms with Crippen molar-refractivity contribution in [3.8, 4) is 0 Å². The average Bonchev–Trinajstić information content (AvgIpc) is 3.13. The van der Waals surface area contributed by atoms with E-state index in [2.05, 4.69) is 44.4 Å². The second-order valence-electron chi connectivity index (χ2n) is 7.31. The number of nitrogens with zero attached hydrogens (tertiary/aromatic N) is 3. The highest BCUT2D eigenvalue weighted by Gasteiger charge is 2.41. The van der Waals surface area contributed by atoms with Gasteiger partial charge >= 0.3 is 0 Å². The van der Waals surface area contributed by atoms with Gasteiger partial charge in [0.15, 0.2) is 15.8 Å². The summed E-state index contributed by atoms with van der Waals surface area (Å²) in [6, 6.07) is 10.8. The third-order valence-corrected chi connectivity index (χ3v) is 7.07. The molecule has 0 saturated carbocycles. The van der Waals surface area contributed by atoms with Crippen LogP contribution in [-0.4, -0.2) is 87.2 Å². The summed E-state index contributed by atoms with van der Waals surface area (Å²) in [7, 11) is -3.00. The van der Waals surface area contributed by atoms with Gasteiger partial charge in [-0.25, -0.2) is 8.42 Å². The van der Waals surface area contributed by atoms with Crippen LogP contribution in [0.1, 0.15) is 19.4 Å². The van der Waals surface area contributed by atoms with Crippen LogP contribution in [0.2, 0.25) is 0 Å². The van der Waals surface area contributed by atoms with Crippen LogP contribution < -0.4 is 5.32 Å². The second-order valence-corrected chi connectivity index (χ2v) is 9.78. The van der Waals surface area contributed by atoms with Gasteiger partial charge in [-0.15, -0.1) is 24.0 Å². The van der Waals surface area contributed by atoms with E-state index in [0.717, 1.165) is 45.3 Å². The number of hydrogen-bond acceptors (Lipinski definition) is 5. The number of halogens is 1. The summed E-state index contributed by atoms with van der Waals surface area (Å²) in [5.74, 6) is 1.04. The summed E-state index contributed by atoms with van der Waals surface area (Å²) in [5.41, 5.74) is 1.31. The quantitative estimate of drug-likeness (QED) is 0.324. The molecule has 2 aliphatic heterocycles. The summed E-state index contributed by atoms with van der Waals surface area (Å²) in [6.07, 6.45) is 0.153. The van der Waals surface area contributed by atoms with E-state index in [4.69, 9.17) is 4.74 Å². The first-order valence-corrected chi connectivity index (χ1v) is 12.0. The minimum absolute atomic E-state index is 0. The summed E-state index contributed by atoms with van der Waals surface area (Å²) in [6.45, 7) is 8.94. The molecule has 1 aromatic rings. The van der Waals surface area contributed by atoms with Gasteiger partial charge in [-0.3, -0.25) is 9.89 Å². The molecule has 2 aliphatic rings. The normalized spacial score (nSPS) is 22.8. The van der Waals surface area contributed by atoms with Gasteiger partial charge in [0.05, 0.1) is 31.1 Å². The van der Waals surface area contributed by atoms with Crippen molar-refractivity contribution in [3.05, 3.63) is 35.9 Å². The van der Waals surface area contributed by atoms with E-state index in [-0.39, 0.29) is 41.6 Å². The van der Waals surface area contributed by atoms with Crippen LogP contribution in [-0.2, 0) is 21.1 Å². The molecule has 2 atom stereocenters. The van der Waals surface area contributed by atoms with E-state index in [1.807, 2.05) is 13.0 Å². The SMILES string of the molecule is CCNC(=NCCS(=O)(=O)CC)N1CC2OCCN(Cc3ccccc3)C2C1.I. The maximum absolute atomic E-state index is 11.8. The standard InChI is InChI=1S/C20H32N4O3S.HI/c1-3-21-20(22-10-13-28(25,26)4-2)24-15-18-19(16-24)27-12-11-23(18)14-17-8-6-5-7-9-17;/h5-9,18-19H,3-4,10-16H2,1-2H3,(H,21,22);1H. The molecule has 9 heteroatoms. The number of likely N-dealkylation sites (tertiary alicyclic amines) is 1. The molecule has 2 unspecified atom stereocenters. The number of benzene rings is 1. The zero-order valence-electron chi connectivity index (χ0n) is 17.3. The van der Waals surface area contributed by atoms with Gasteiger partial charge in [0.25, 0.3) is 0 Å². The molecule has 0 aliphatic carbocycles. The van der Waals surface area contributed by atoms with Gasteiger partial charge in [-0.1, -0.05) is 37.3 Å². The Hall–Kier alpha value is -0.910. The molecule has 0 aromatic heterocycles. The van der Waals surface area contributed by atoms with Gasteiger partial charge in [-0.05, 0) is 12.5 Å². The van der Waals surface area contributed by atoms with E-state index < -0.39 is 9.84 Å². The molecular formula is C20H33IN4O3S. The zero-order chi connectivity index (χ0) is 20.0. The van der Waals surface area contributed by atoms with Crippen LogP contribution in [0.3, 0.4) is 0 Å². The first-order chi connectivity index (χ1) is 13.5. The second kappa shape index (κ2) is 11.5. The molecule has 0 radical (unpaired) electrons. The molecule has 0 bridgehead atoms. The Morgan fingerprint density at radius 3 is 2.69 bits per heavy atom. The van der Waals surface area contributed by atoms with E-state index in [1.54, 1.807) is 6.92 Å². The van der Waals surface area contributed by atoms with Crippen molar-refractivity contribution >= 4 is 39.8 Å². The van der Waals surface area contributed by atoms with Gasteiger partial charge in [0.1, 0.15) is 0 Å². The Bertz CT molecular complexity index is 760. The Labute approximate surface area is 191 Å². The summed E-state index contributed by atoms with van der Waals surface area (Å²) < 4.78 is 29.5. The monoisotopic (exact) mass is 536 g/mol. The lowest BCUT2D eigenvalue weighted by Gasteiger charge is -2.36. The number of rotatable bonds is 7. The molecule has 7 nitrogen and oxygen atoms in total. The third kappa shape index (κ3) is 6.80. The summed E-state index contributed by atoms with van der Waals surface area (Å²) >= 11 is 0. The van der Waals surface area contributed by atoms with Gasteiger partial charge in [0, 0.05) is 38.5 Å². The highest BCUT2D eigenvalue weighted by atomic mass is 127. The van der Waals surface area contributed by atoms with Crippen molar-refractivity contribution in [1.29, 1.82) is 0 Å². The number of ether oxygens (including phenoxy) is 1. The van der Waals surface area contributed by atoms with E-state index in [0.29, 0.717) is 12.6 Å². The lowest BCUT2D eigenvalue weighted by molar-refractivity contribution is -0.0502. The van der Waals surface area contributed by atoms with Crippen LogP contribution in [0.5, 0.6) is 0 Å². The largest absolute Gasteiger partial charge is 0.373 e. The van der Waals surface area contributed by atoms with E-state index in [9.17, 15) is 8.42 Å². The number of sulfone groups is 1. The van der Waals surface area contributed by atoms with Crippen molar-refractivity contribution in [3.63, 3.8) is 0 Å². The maximum atomic E-state index is 11.8. The van der Waals surface area contributed by atoms with Crippen LogP contribution in [0.25, 0.3) is 0 Å². The zero-order valence-corrected chi connectivity index (χ0v) is 20.4. The predicted molar refractivity (Wildman–Crippen MR) is 128 cm³/mol. The molecule has 1 aromatic carbocycles. The average molecular weight is 536 g/mol. The number of nitrogens with one attached hydrogen (secondary N) is 1. The fourth-order valence-electron chi connectivity index (χ4n) is 3.81. The minimum atomic E-state index is -3.00. The fraction of sp³-hybridized carbons (Fsp3) is 0.650. The number of hydrogen-bond donors (Lipinski definition) is 1. The van der Waals surface area contributed by atoms with E-state index in [1.165, 1.54) is 5.56 Å². The maximum Gasteiger partial charge on any atom is 0.194 e. The molecular weight excluding hydrogens is 503 g/mol. The van der Waals surface area contributed by atoms with Crippen molar-refractivity contribution in [2.75, 3.05) is 50.8 Å². The van der Waals surface area contributed by atoms with Crippen LogP contribution in [0.15, 0.2) is 35.3 Å². The van der Waals surface area contributed by atoms with E-state index >= 15 is 0 Å². The lowest BCUT2D eigenvalue weighted by Crippen LogP contribution is -2.50. The molecule has 29 heavy (non-hydrogen) atoms. The molecule has 1 N–H and O–H groups in total. The van der Waals surface area contributed by atoms with Crippen LogP contribution in [0.4, 0.5) is 0 Å². The molecule has 0 spiro atoms. The van der Waals surface area contributed by atoms with Gasteiger partial charge < -0.3 is 15.0 Å². The van der Waals surface area contributed by atoms with Crippen molar-refractivity contribution < 1.29 is 13.2 Å². The smallest absolute Gasteiger partial charge is 0.194 e. The fourth-order valence-corrected chi connectivity index (χ4v) is 4.46. The highest BCUT2D eigenvalue weighted by molar-refractivity contribution is 14.0. The Morgan fingerprint density at radius 2 is 2.00 bits per heavy atom. The Balaban J connectivity index is 0.00000300. The Kier molecular flexibility index (Phi) is 9.64. The third-order valence-electron chi connectivity index (χ3n) is 5.38. The Morgan fingerprint density at radius 1 is 1.24 bits per heavy atom. The van der Waals surface area contributed by atoms with Crippen molar-refractivity contribution in [2.24, 2.45) is 4.99 Å². The van der Waals surface area contributed by atoms with Crippen molar-refractivity contribution in [2.45, 2.75) is 32.5 Å². The number of aliphatic imine (C=N–C) groups is 1. The highest BCUT2D eigenvalue weighted by Crippen LogP contribution is 2.24. The predicted octanol–water partition coefficient (Wildman–Crippen LogP) is 1.59. The molecule has 2 heterocycles. The van der Waals surface area contributed by atoms with Gasteiger partial charge in [0.2, 0.25) is 0 Å². The number of guanidine groups is 1. The molecule has 3 rings (SSSR count). The van der Waals surface area contributed by atoms with Gasteiger partial charge in [-0.2, -0.15) is 0 Å². The molecule has 2 saturated heterocycles. The summed E-state index contributed by atoms with van der Waals surface area (Å²) in [5, 5.41) is 3.31. The van der Waals surface area contributed by atoms with Crippen LogP contribution in [0, 0.1) is 0 Å². The first kappa shape index (κ1) is 24.4. The van der Waals surface area contributed by atoms with Crippen molar-refractivity contribution in [1.82, 2.24) is 15.1 Å². The lowest BCUT2D eigenvalue weighted by atomic mass is 10.1. The minimum Gasteiger partial charge on any atom is -0.373 e. The molecule has 2 fully saturated rings. The number of fused-ring (bicyclic) bond motifs is 1. The molecule has 0 amide bonds.